The summed E-state index contributed by atoms with van der Waals surface area (Å²) in [6.45, 7) is 4.56. The molecule has 3 aromatic rings. The molecule has 1 aromatic carbocycles. The topological polar surface area (TPSA) is 140 Å². The van der Waals surface area contributed by atoms with E-state index in [-0.39, 0.29) is 17.3 Å². The second-order valence-electron chi connectivity index (χ2n) is 7.34. The fraction of sp³-hybridized carbons (Fsp3) is 0.368. The lowest BCUT2D eigenvalue weighted by Gasteiger charge is -2.30. The number of hydrogen-bond acceptors (Lipinski definition) is 9. The van der Waals surface area contributed by atoms with Crippen LogP contribution in [0.5, 0.6) is 0 Å². The normalized spacial score (nSPS) is 15.6. The van der Waals surface area contributed by atoms with E-state index < -0.39 is 5.91 Å². The highest BCUT2D eigenvalue weighted by Gasteiger charge is 2.26. The van der Waals surface area contributed by atoms with E-state index in [1.165, 1.54) is 4.68 Å². The van der Waals surface area contributed by atoms with Crippen molar-refractivity contribution in [2.75, 3.05) is 18.8 Å². The molecule has 3 heterocycles. The molecular weight excluding hydrogens is 386 g/mol. The lowest BCUT2D eigenvalue weighted by molar-refractivity contribution is 0.0947. The van der Waals surface area contributed by atoms with E-state index in [1.54, 1.807) is 6.21 Å². The third-order valence-corrected chi connectivity index (χ3v) is 5.10. The minimum atomic E-state index is -0.469. The third kappa shape index (κ3) is 4.35. The molecule has 0 unspecified atom stereocenters. The fourth-order valence-corrected chi connectivity index (χ4v) is 3.32. The van der Waals surface area contributed by atoms with Gasteiger partial charge in [-0.25, -0.2) is 10.1 Å². The van der Waals surface area contributed by atoms with Crippen molar-refractivity contribution in [3.63, 3.8) is 0 Å². The van der Waals surface area contributed by atoms with Gasteiger partial charge < -0.3 is 5.73 Å². The van der Waals surface area contributed by atoms with Crippen molar-refractivity contribution in [1.29, 1.82) is 0 Å². The van der Waals surface area contributed by atoms with Gasteiger partial charge >= 0.3 is 0 Å². The van der Waals surface area contributed by atoms with Gasteiger partial charge in [0.25, 0.3) is 5.91 Å². The SMILES string of the molecule is CC1CCN(Cc2c(C(=O)N/N=C/c3ccccc3)nnn2-c2nonc2N)CC1. The number of hydrazone groups is 1. The number of aromatic nitrogens is 5. The van der Waals surface area contributed by atoms with E-state index in [0.29, 0.717) is 18.2 Å². The summed E-state index contributed by atoms with van der Waals surface area (Å²) in [6, 6.07) is 9.46. The Bertz CT molecular complexity index is 1020. The van der Waals surface area contributed by atoms with Crippen molar-refractivity contribution in [3.8, 4) is 5.82 Å². The molecular formula is C19H23N9O2. The predicted molar refractivity (Wildman–Crippen MR) is 109 cm³/mol. The second-order valence-corrected chi connectivity index (χ2v) is 7.34. The molecule has 3 N–H and O–H groups in total. The third-order valence-electron chi connectivity index (χ3n) is 5.10. The average Bonchev–Trinajstić information content (AvgIpc) is 3.36. The van der Waals surface area contributed by atoms with E-state index in [9.17, 15) is 4.79 Å². The Morgan fingerprint density at radius 3 is 2.77 bits per heavy atom. The zero-order valence-electron chi connectivity index (χ0n) is 16.6. The first-order chi connectivity index (χ1) is 14.6. The Hall–Kier alpha value is -3.60. The number of piperidine rings is 1. The molecule has 11 nitrogen and oxygen atoms in total. The molecule has 1 amide bonds. The highest BCUT2D eigenvalue weighted by atomic mass is 16.6. The number of anilines is 1. The number of nitrogens with two attached hydrogens (primary N) is 1. The highest BCUT2D eigenvalue weighted by Crippen LogP contribution is 2.21. The first-order valence-electron chi connectivity index (χ1n) is 9.75. The van der Waals surface area contributed by atoms with Gasteiger partial charge in [-0.15, -0.1) is 5.10 Å². The van der Waals surface area contributed by atoms with Crippen molar-refractivity contribution in [2.24, 2.45) is 11.0 Å². The molecule has 156 valence electrons. The average molecular weight is 409 g/mol. The van der Waals surface area contributed by atoms with Crippen molar-refractivity contribution in [1.82, 2.24) is 35.6 Å². The number of nitrogens with one attached hydrogen (secondary N) is 1. The Morgan fingerprint density at radius 2 is 2.07 bits per heavy atom. The molecule has 1 saturated heterocycles. The summed E-state index contributed by atoms with van der Waals surface area (Å²) >= 11 is 0. The summed E-state index contributed by atoms with van der Waals surface area (Å²) in [5.74, 6) is 0.496. The van der Waals surface area contributed by atoms with Gasteiger partial charge in [0, 0.05) is 6.54 Å². The van der Waals surface area contributed by atoms with Crippen LogP contribution in [-0.2, 0) is 6.54 Å². The highest BCUT2D eigenvalue weighted by molar-refractivity contribution is 5.94. The number of nitrogen functional groups attached to an aromatic ring is 1. The van der Waals surface area contributed by atoms with E-state index in [1.807, 2.05) is 30.3 Å². The molecule has 1 aliphatic heterocycles. The van der Waals surface area contributed by atoms with Gasteiger partial charge in [-0.2, -0.15) is 9.78 Å². The van der Waals surface area contributed by atoms with Gasteiger partial charge in [0.2, 0.25) is 11.6 Å². The lowest BCUT2D eigenvalue weighted by Crippen LogP contribution is -2.34. The first kappa shape index (κ1) is 19.7. The van der Waals surface area contributed by atoms with Crippen LogP contribution in [-0.4, -0.2) is 55.4 Å². The Morgan fingerprint density at radius 1 is 1.30 bits per heavy atom. The molecule has 30 heavy (non-hydrogen) atoms. The van der Waals surface area contributed by atoms with Crippen LogP contribution in [0.15, 0.2) is 40.1 Å². The Kier molecular flexibility index (Phi) is 5.80. The van der Waals surface area contributed by atoms with E-state index in [2.05, 4.69) is 43.0 Å². The van der Waals surface area contributed by atoms with Crippen LogP contribution in [0.4, 0.5) is 5.82 Å². The second kappa shape index (κ2) is 8.82. The van der Waals surface area contributed by atoms with Crippen LogP contribution in [0, 0.1) is 5.92 Å². The lowest BCUT2D eigenvalue weighted by atomic mass is 9.99. The van der Waals surface area contributed by atoms with Crippen LogP contribution in [0.1, 0.15) is 41.5 Å². The molecule has 4 rings (SSSR count). The quantitative estimate of drug-likeness (QED) is 0.457. The van der Waals surface area contributed by atoms with Crippen molar-refractivity contribution < 1.29 is 9.42 Å². The maximum Gasteiger partial charge on any atom is 0.293 e. The number of amides is 1. The molecule has 0 saturated carbocycles. The van der Waals surface area contributed by atoms with Gasteiger partial charge in [0.15, 0.2) is 5.69 Å². The summed E-state index contributed by atoms with van der Waals surface area (Å²) in [5, 5.41) is 19.5. The maximum absolute atomic E-state index is 12.8. The molecule has 2 aromatic heterocycles. The fourth-order valence-electron chi connectivity index (χ4n) is 3.32. The van der Waals surface area contributed by atoms with Gasteiger partial charge in [0.05, 0.1) is 11.9 Å². The number of benzene rings is 1. The van der Waals surface area contributed by atoms with Gasteiger partial charge in [-0.05, 0) is 47.7 Å². The standard InChI is InChI=1S/C19H23N9O2/c1-13-7-9-27(10-8-13)12-15-16(22-26-28(15)18-17(20)24-30-25-18)19(29)23-21-11-14-5-3-2-4-6-14/h2-6,11,13H,7-10,12H2,1H3,(H2,20,24)(H,23,29)/b21-11+. The zero-order chi connectivity index (χ0) is 20.9. The molecule has 0 aliphatic carbocycles. The summed E-state index contributed by atoms with van der Waals surface area (Å²) < 4.78 is 6.09. The zero-order valence-corrected chi connectivity index (χ0v) is 16.6. The molecule has 0 radical (unpaired) electrons. The Balaban J connectivity index is 1.57. The Labute approximate surface area is 172 Å². The first-order valence-corrected chi connectivity index (χ1v) is 9.75. The summed E-state index contributed by atoms with van der Waals surface area (Å²) in [6.07, 6.45) is 3.75. The van der Waals surface area contributed by atoms with Crippen LogP contribution in [0.2, 0.25) is 0 Å². The number of nitrogens with zero attached hydrogens (tertiary/aromatic N) is 7. The van der Waals surface area contributed by atoms with Crippen LogP contribution >= 0.6 is 0 Å². The van der Waals surface area contributed by atoms with E-state index in [4.69, 9.17) is 10.4 Å². The van der Waals surface area contributed by atoms with Gasteiger partial charge in [0.1, 0.15) is 0 Å². The minimum Gasteiger partial charge on any atom is -0.378 e. The minimum absolute atomic E-state index is 0.0717. The van der Waals surface area contributed by atoms with E-state index in [0.717, 1.165) is 31.5 Å². The van der Waals surface area contributed by atoms with Crippen molar-refractivity contribution in [2.45, 2.75) is 26.3 Å². The molecule has 0 bridgehead atoms. The largest absolute Gasteiger partial charge is 0.378 e. The van der Waals surface area contributed by atoms with Gasteiger partial charge in [-0.3, -0.25) is 9.69 Å². The summed E-state index contributed by atoms with van der Waals surface area (Å²) in [4.78, 5) is 15.0. The number of hydrogen-bond donors (Lipinski definition) is 2. The van der Waals surface area contributed by atoms with Crippen LogP contribution < -0.4 is 11.2 Å². The molecule has 1 aliphatic rings. The number of rotatable bonds is 6. The smallest absolute Gasteiger partial charge is 0.293 e. The summed E-state index contributed by atoms with van der Waals surface area (Å²) in [7, 11) is 0. The van der Waals surface area contributed by atoms with Crippen molar-refractivity contribution >= 4 is 17.9 Å². The van der Waals surface area contributed by atoms with Crippen LogP contribution in [0.3, 0.4) is 0 Å². The van der Waals surface area contributed by atoms with Gasteiger partial charge in [-0.1, -0.05) is 42.5 Å². The predicted octanol–water partition coefficient (Wildman–Crippen LogP) is 1.23. The monoisotopic (exact) mass is 409 g/mol. The molecule has 1 fully saturated rings. The number of carbonyl (C=O) groups is 1. The number of carbonyl (C=O) groups excluding carboxylic acids is 1. The van der Waals surface area contributed by atoms with Crippen LogP contribution in [0.25, 0.3) is 5.82 Å². The maximum atomic E-state index is 12.8. The molecule has 0 atom stereocenters. The van der Waals surface area contributed by atoms with Crippen molar-refractivity contribution in [3.05, 3.63) is 47.3 Å². The molecule has 11 heteroatoms. The molecule has 0 spiro atoms. The van der Waals surface area contributed by atoms with E-state index >= 15 is 0 Å². The summed E-state index contributed by atoms with van der Waals surface area (Å²) in [5.41, 5.74) is 9.92. The number of likely N-dealkylation sites (tertiary alicyclic amines) is 1.